The van der Waals surface area contributed by atoms with Gasteiger partial charge in [0.05, 0.1) is 40.2 Å². The molecule has 0 spiro atoms. The van der Waals surface area contributed by atoms with Crippen LogP contribution in [-0.4, -0.2) is 25.5 Å². The fourth-order valence-electron chi connectivity index (χ4n) is 2.61. The molecular weight excluding hydrogens is 309 g/mol. The van der Waals surface area contributed by atoms with Crippen molar-refractivity contribution in [1.82, 2.24) is 19.6 Å². The summed E-state index contributed by atoms with van der Waals surface area (Å²) in [4.78, 5) is 12.6. The van der Waals surface area contributed by atoms with E-state index in [4.69, 9.17) is 0 Å². The molecule has 0 atom stereocenters. The van der Waals surface area contributed by atoms with E-state index < -0.39 is 0 Å². The Morgan fingerprint density at radius 2 is 1.79 bits per heavy atom. The Balaban J connectivity index is 1.90. The summed E-state index contributed by atoms with van der Waals surface area (Å²) >= 11 is 0. The van der Waals surface area contributed by atoms with Crippen LogP contribution < -0.4 is 5.32 Å². The minimum atomic E-state index is -0.316. The molecule has 1 N–H and O–H groups in total. The summed E-state index contributed by atoms with van der Waals surface area (Å²) in [6.07, 6.45) is 1.51. The van der Waals surface area contributed by atoms with E-state index >= 15 is 0 Å². The molecule has 0 bridgehead atoms. The molecule has 3 rings (SSSR count). The third kappa shape index (κ3) is 2.68. The number of halogens is 1. The molecule has 2 aromatic heterocycles. The lowest BCUT2D eigenvalue weighted by Gasteiger charge is -2.07. The first-order chi connectivity index (χ1) is 11.4. The summed E-state index contributed by atoms with van der Waals surface area (Å²) in [7, 11) is 1.83. The normalized spacial score (nSPS) is 10.9. The number of nitrogens with zero attached hydrogens (tertiary/aromatic N) is 4. The summed E-state index contributed by atoms with van der Waals surface area (Å²) in [6, 6.07) is 5.95. The van der Waals surface area contributed by atoms with Gasteiger partial charge in [0.25, 0.3) is 5.91 Å². The monoisotopic (exact) mass is 327 g/mol. The third-order valence-electron chi connectivity index (χ3n) is 4.07. The Hall–Kier alpha value is -2.96. The van der Waals surface area contributed by atoms with E-state index in [1.54, 1.807) is 28.4 Å². The van der Waals surface area contributed by atoms with Crippen molar-refractivity contribution in [3.05, 3.63) is 58.9 Å². The van der Waals surface area contributed by atoms with E-state index in [9.17, 15) is 9.18 Å². The Labute approximate surface area is 138 Å². The van der Waals surface area contributed by atoms with Gasteiger partial charge in [-0.2, -0.15) is 10.2 Å². The largest absolute Gasteiger partial charge is 0.319 e. The molecule has 24 heavy (non-hydrogen) atoms. The zero-order chi connectivity index (χ0) is 17.4. The average Bonchev–Trinajstić information content (AvgIpc) is 3.03. The van der Waals surface area contributed by atoms with Crippen LogP contribution in [0.4, 0.5) is 10.1 Å². The van der Waals surface area contributed by atoms with Crippen LogP contribution in [0.5, 0.6) is 0 Å². The van der Waals surface area contributed by atoms with Crippen molar-refractivity contribution < 1.29 is 9.18 Å². The number of nitrogens with one attached hydrogen (secondary N) is 1. The molecule has 0 aliphatic heterocycles. The van der Waals surface area contributed by atoms with E-state index in [1.807, 2.05) is 20.9 Å². The fourth-order valence-corrected chi connectivity index (χ4v) is 2.61. The van der Waals surface area contributed by atoms with Gasteiger partial charge in [-0.15, -0.1) is 0 Å². The Morgan fingerprint density at radius 3 is 2.38 bits per heavy atom. The lowest BCUT2D eigenvalue weighted by Crippen LogP contribution is -2.14. The molecule has 1 amide bonds. The first-order valence-corrected chi connectivity index (χ1v) is 7.50. The maximum Gasteiger partial charge on any atom is 0.259 e. The number of hydrogen-bond acceptors (Lipinski definition) is 3. The summed E-state index contributed by atoms with van der Waals surface area (Å²) in [5, 5.41) is 11.4. The minimum absolute atomic E-state index is 0.250. The maximum absolute atomic E-state index is 13.1. The molecule has 0 radical (unpaired) electrons. The highest BCUT2D eigenvalue weighted by Crippen LogP contribution is 2.21. The van der Waals surface area contributed by atoms with Crippen molar-refractivity contribution >= 4 is 11.6 Å². The van der Waals surface area contributed by atoms with Crippen LogP contribution in [-0.2, 0) is 7.05 Å². The quantitative estimate of drug-likeness (QED) is 0.804. The van der Waals surface area contributed by atoms with Crippen molar-refractivity contribution in [1.29, 1.82) is 0 Å². The molecule has 6 nitrogen and oxygen atoms in total. The van der Waals surface area contributed by atoms with E-state index in [0.717, 1.165) is 11.4 Å². The van der Waals surface area contributed by atoms with Crippen LogP contribution in [0.3, 0.4) is 0 Å². The first kappa shape index (κ1) is 15.9. The van der Waals surface area contributed by atoms with E-state index in [2.05, 4.69) is 15.5 Å². The molecule has 0 aliphatic carbocycles. The van der Waals surface area contributed by atoms with E-state index in [-0.39, 0.29) is 11.7 Å². The average molecular weight is 327 g/mol. The number of anilines is 1. The Kier molecular flexibility index (Phi) is 3.92. The van der Waals surface area contributed by atoms with Crippen LogP contribution in [0.1, 0.15) is 27.4 Å². The van der Waals surface area contributed by atoms with Crippen LogP contribution in [0, 0.1) is 26.6 Å². The lowest BCUT2D eigenvalue weighted by atomic mass is 10.2. The molecule has 0 unspecified atom stereocenters. The Morgan fingerprint density at radius 1 is 1.12 bits per heavy atom. The minimum Gasteiger partial charge on any atom is -0.319 e. The first-order valence-electron chi connectivity index (χ1n) is 7.50. The molecule has 0 saturated carbocycles. The highest BCUT2D eigenvalue weighted by molar-refractivity contribution is 6.05. The number of carbonyl (C=O) groups excluding carboxylic acids is 1. The third-order valence-corrected chi connectivity index (χ3v) is 4.07. The van der Waals surface area contributed by atoms with E-state index in [0.29, 0.717) is 22.6 Å². The molecule has 0 saturated heterocycles. The van der Waals surface area contributed by atoms with Crippen molar-refractivity contribution in [3.8, 4) is 5.69 Å². The molecule has 1 aromatic carbocycles. The second-order valence-corrected chi connectivity index (χ2v) is 5.66. The second-order valence-electron chi connectivity index (χ2n) is 5.66. The molecular formula is C17H18FN5O. The molecule has 3 aromatic rings. The number of hydrogen-bond donors (Lipinski definition) is 1. The van der Waals surface area contributed by atoms with Gasteiger partial charge in [-0.25, -0.2) is 9.07 Å². The number of amides is 1. The van der Waals surface area contributed by atoms with Gasteiger partial charge in [0, 0.05) is 7.05 Å². The van der Waals surface area contributed by atoms with Crippen LogP contribution in [0.25, 0.3) is 5.69 Å². The SMILES string of the molecule is Cc1nn(C)c(C)c1NC(=O)c1cnn(-c2ccc(F)cc2)c1C. The van der Waals surface area contributed by atoms with Gasteiger partial charge in [0.15, 0.2) is 0 Å². The summed E-state index contributed by atoms with van der Waals surface area (Å²) in [5.74, 6) is -0.566. The predicted molar refractivity (Wildman–Crippen MR) is 88.9 cm³/mol. The molecule has 124 valence electrons. The summed E-state index contributed by atoms with van der Waals surface area (Å²) in [5.41, 5.74) is 4.18. The highest BCUT2D eigenvalue weighted by Gasteiger charge is 2.18. The van der Waals surface area contributed by atoms with Gasteiger partial charge < -0.3 is 5.32 Å². The second kappa shape index (κ2) is 5.92. The molecule has 7 heteroatoms. The molecule has 2 heterocycles. The molecule has 0 aliphatic rings. The van der Waals surface area contributed by atoms with Crippen molar-refractivity contribution in [2.45, 2.75) is 20.8 Å². The van der Waals surface area contributed by atoms with Gasteiger partial charge in [0.1, 0.15) is 5.82 Å². The van der Waals surface area contributed by atoms with Crippen LogP contribution >= 0.6 is 0 Å². The van der Waals surface area contributed by atoms with Gasteiger partial charge in [-0.05, 0) is 45.0 Å². The van der Waals surface area contributed by atoms with Gasteiger partial charge in [0.2, 0.25) is 0 Å². The number of carbonyl (C=O) groups is 1. The van der Waals surface area contributed by atoms with Crippen LogP contribution in [0.15, 0.2) is 30.5 Å². The maximum atomic E-state index is 13.1. The van der Waals surface area contributed by atoms with Gasteiger partial charge >= 0.3 is 0 Å². The molecule has 0 fully saturated rings. The zero-order valence-corrected chi connectivity index (χ0v) is 14.0. The number of aryl methyl sites for hydroxylation is 2. The van der Waals surface area contributed by atoms with Crippen molar-refractivity contribution in [3.63, 3.8) is 0 Å². The van der Waals surface area contributed by atoms with Crippen LogP contribution in [0.2, 0.25) is 0 Å². The zero-order valence-electron chi connectivity index (χ0n) is 14.0. The highest BCUT2D eigenvalue weighted by atomic mass is 19.1. The summed E-state index contributed by atoms with van der Waals surface area (Å²) < 4.78 is 16.4. The van der Waals surface area contributed by atoms with Crippen molar-refractivity contribution in [2.75, 3.05) is 5.32 Å². The van der Waals surface area contributed by atoms with Gasteiger partial charge in [-0.3, -0.25) is 9.48 Å². The Bertz CT molecular complexity index is 908. The number of rotatable bonds is 3. The standard InChI is InChI=1S/C17H18FN5O/c1-10-16(12(3)22(4)21-10)20-17(24)15-9-19-23(11(15)2)14-7-5-13(18)6-8-14/h5-9H,1-4H3,(H,20,24). The number of benzene rings is 1. The summed E-state index contributed by atoms with van der Waals surface area (Å²) in [6.45, 7) is 5.54. The van der Waals surface area contributed by atoms with Crippen molar-refractivity contribution in [2.24, 2.45) is 7.05 Å². The van der Waals surface area contributed by atoms with E-state index in [1.165, 1.54) is 18.3 Å². The van der Waals surface area contributed by atoms with Gasteiger partial charge in [-0.1, -0.05) is 0 Å². The smallest absolute Gasteiger partial charge is 0.259 e. The fraction of sp³-hybridized carbons (Fsp3) is 0.235. The number of aromatic nitrogens is 4. The topological polar surface area (TPSA) is 64.7 Å². The predicted octanol–water partition coefficient (Wildman–Crippen LogP) is 2.92. The lowest BCUT2D eigenvalue weighted by molar-refractivity contribution is 0.102.